The second-order valence-electron chi connectivity index (χ2n) is 7.42. The van der Waals surface area contributed by atoms with Crippen LogP contribution in [-0.2, 0) is 20.9 Å². The van der Waals surface area contributed by atoms with Crippen LogP contribution in [-0.4, -0.2) is 20.9 Å². The lowest BCUT2D eigenvalue weighted by molar-refractivity contribution is -0.116. The van der Waals surface area contributed by atoms with Gasteiger partial charge in [-0.05, 0) is 62.2 Å². The van der Waals surface area contributed by atoms with Gasteiger partial charge in [0.05, 0.1) is 11.4 Å². The number of nitrogens with zero attached hydrogens (tertiary/aromatic N) is 1. The van der Waals surface area contributed by atoms with Crippen LogP contribution in [0.1, 0.15) is 31.4 Å². The van der Waals surface area contributed by atoms with Gasteiger partial charge >= 0.3 is 7.60 Å². The molecule has 0 aliphatic heterocycles. The van der Waals surface area contributed by atoms with Crippen molar-refractivity contribution < 1.29 is 28.1 Å². The topological polar surface area (TPSA) is 113 Å². The highest BCUT2D eigenvalue weighted by Crippen LogP contribution is 2.56. The predicted molar refractivity (Wildman–Crippen MR) is 110 cm³/mol. The number of rotatable bonds is 7. The number of aromatic nitrogens is 1. The molecular formula is C21H22FN2O5P. The molecule has 2 aromatic carbocycles. The van der Waals surface area contributed by atoms with E-state index in [-0.39, 0.29) is 18.1 Å². The molecular weight excluding hydrogens is 410 g/mol. The van der Waals surface area contributed by atoms with Gasteiger partial charge in [0.2, 0.25) is 5.91 Å². The van der Waals surface area contributed by atoms with Gasteiger partial charge in [0.25, 0.3) is 0 Å². The van der Waals surface area contributed by atoms with Crippen molar-refractivity contribution in [3.8, 4) is 11.3 Å². The Morgan fingerprint density at radius 1 is 1.13 bits per heavy atom. The quantitative estimate of drug-likeness (QED) is 0.475. The number of hydrogen-bond donors (Lipinski definition) is 3. The van der Waals surface area contributed by atoms with Crippen LogP contribution in [0.25, 0.3) is 11.3 Å². The Morgan fingerprint density at radius 3 is 2.37 bits per heavy atom. The van der Waals surface area contributed by atoms with Crippen LogP contribution >= 0.6 is 7.60 Å². The van der Waals surface area contributed by atoms with E-state index in [2.05, 4.69) is 10.5 Å². The number of benzene rings is 2. The monoisotopic (exact) mass is 432 g/mol. The van der Waals surface area contributed by atoms with Crippen LogP contribution in [0, 0.1) is 5.82 Å². The first-order chi connectivity index (χ1) is 14.1. The Labute approximate surface area is 173 Å². The van der Waals surface area contributed by atoms with Gasteiger partial charge in [-0.15, -0.1) is 0 Å². The summed E-state index contributed by atoms with van der Waals surface area (Å²) in [5, 5.41) is 5.21. The van der Waals surface area contributed by atoms with E-state index in [4.69, 9.17) is 4.52 Å². The maximum absolute atomic E-state index is 13.1. The highest BCUT2D eigenvalue weighted by Gasteiger charge is 2.39. The molecule has 0 fully saturated rings. The Balaban J connectivity index is 1.62. The van der Waals surface area contributed by atoms with Crippen molar-refractivity contribution in [2.24, 2.45) is 0 Å². The maximum atomic E-state index is 13.1. The minimum atomic E-state index is -4.33. The van der Waals surface area contributed by atoms with Gasteiger partial charge in [0.1, 0.15) is 5.82 Å². The number of halogens is 1. The highest BCUT2D eigenvalue weighted by molar-refractivity contribution is 7.53. The highest BCUT2D eigenvalue weighted by atomic mass is 31.2. The minimum absolute atomic E-state index is 0.172. The summed E-state index contributed by atoms with van der Waals surface area (Å²) in [6.07, 6.45) is 2.08. The lowest BCUT2D eigenvalue weighted by Crippen LogP contribution is -2.17. The minimum Gasteiger partial charge on any atom is -0.356 e. The van der Waals surface area contributed by atoms with Crippen LogP contribution in [0.2, 0.25) is 0 Å². The second-order valence-corrected chi connectivity index (χ2v) is 9.62. The summed E-state index contributed by atoms with van der Waals surface area (Å²) in [7, 11) is -4.33. The Bertz CT molecular complexity index is 1070. The molecule has 0 spiro atoms. The summed E-state index contributed by atoms with van der Waals surface area (Å²) in [6.45, 7) is 2.94. The average molecular weight is 432 g/mol. The average Bonchev–Trinajstić information content (AvgIpc) is 3.15. The molecule has 3 rings (SSSR count). The fourth-order valence-corrected chi connectivity index (χ4v) is 3.36. The third-order valence-corrected chi connectivity index (χ3v) is 6.69. The van der Waals surface area contributed by atoms with E-state index in [9.17, 15) is 23.5 Å². The van der Waals surface area contributed by atoms with Crippen molar-refractivity contribution in [2.75, 3.05) is 5.32 Å². The first kappa shape index (κ1) is 21.9. The molecule has 1 amide bonds. The lowest BCUT2D eigenvalue weighted by Gasteiger charge is -2.26. The van der Waals surface area contributed by atoms with E-state index >= 15 is 0 Å². The Kier molecular flexibility index (Phi) is 6.22. The first-order valence-corrected chi connectivity index (χ1v) is 10.8. The van der Waals surface area contributed by atoms with Crippen LogP contribution in [0.3, 0.4) is 0 Å². The molecule has 3 aromatic rings. The van der Waals surface area contributed by atoms with Crippen molar-refractivity contribution in [1.82, 2.24) is 5.16 Å². The molecule has 0 saturated carbocycles. The summed E-state index contributed by atoms with van der Waals surface area (Å²) in [5.41, 5.74) is 2.40. The zero-order chi connectivity index (χ0) is 21.9. The number of aryl methyl sites for hydroxylation is 1. The number of hydrogen-bond acceptors (Lipinski definition) is 4. The Morgan fingerprint density at radius 2 is 1.77 bits per heavy atom. The van der Waals surface area contributed by atoms with Crippen LogP contribution in [0.15, 0.2) is 59.3 Å². The fraction of sp³-hybridized carbons (Fsp3) is 0.238. The van der Waals surface area contributed by atoms with Crippen molar-refractivity contribution in [1.29, 1.82) is 0 Å². The standard InChI is InChI=1S/C21H22FN2O5P/c1-21(2,30(26,27)28)16-6-10-18(11-7-16)24-19(25)12-5-15-13-23-29-20(15)14-3-8-17(22)9-4-14/h3-4,6-11,13H,5,12H2,1-2H3,(H,24,25)(H2,26,27,28). The van der Waals surface area contributed by atoms with Crippen LogP contribution in [0.4, 0.5) is 10.1 Å². The van der Waals surface area contributed by atoms with Crippen molar-refractivity contribution in [2.45, 2.75) is 31.8 Å². The largest absolute Gasteiger partial charge is 0.356 e. The van der Waals surface area contributed by atoms with Gasteiger partial charge in [-0.1, -0.05) is 17.3 Å². The lowest BCUT2D eigenvalue weighted by atomic mass is 10.0. The van der Waals surface area contributed by atoms with Gasteiger partial charge in [-0.25, -0.2) is 4.39 Å². The fourth-order valence-electron chi connectivity index (χ4n) is 2.88. The molecule has 1 aromatic heterocycles. The summed E-state index contributed by atoms with van der Waals surface area (Å²) in [5.74, 6) is -0.0931. The molecule has 0 aliphatic rings. The molecule has 0 bridgehead atoms. The molecule has 158 valence electrons. The normalized spacial score (nSPS) is 12.0. The zero-order valence-electron chi connectivity index (χ0n) is 16.5. The van der Waals surface area contributed by atoms with Gasteiger partial charge in [0, 0.05) is 23.2 Å². The Hall–Kier alpha value is -2.80. The maximum Gasteiger partial charge on any atom is 0.335 e. The predicted octanol–water partition coefficient (Wildman–Crippen LogP) is 4.46. The van der Waals surface area contributed by atoms with Gasteiger partial charge < -0.3 is 19.6 Å². The van der Waals surface area contributed by atoms with Gasteiger partial charge in [-0.3, -0.25) is 9.36 Å². The third kappa shape index (κ3) is 4.84. The number of carbonyl (C=O) groups excluding carboxylic acids is 1. The van der Waals surface area contributed by atoms with Crippen molar-refractivity contribution in [3.63, 3.8) is 0 Å². The van der Waals surface area contributed by atoms with Crippen LogP contribution in [0.5, 0.6) is 0 Å². The van der Waals surface area contributed by atoms with Gasteiger partial charge in [-0.2, -0.15) is 0 Å². The smallest absolute Gasteiger partial charge is 0.335 e. The van der Waals surface area contributed by atoms with Crippen molar-refractivity contribution in [3.05, 3.63) is 71.7 Å². The van der Waals surface area contributed by atoms with E-state index in [1.165, 1.54) is 32.2 Å². The second kappa shape index (κ2) is 8.52. The number of nitrogens with one attached hydrogen (secondary N) is 1. The zero-order valence-corrected chi connectivity index (χ0v) is 17.4. The molecule has 0 atom stereocenters. The molecule has 0 saturated heterocycles. The summed E-state index contributed by atoms with van der Waals surface area (Å²) < 4.78 is 30.0. The molecule has 1 heterocycles. The molecule has 0 unspecified atom stereocenters. The number of anilines is 1. The van der Waals surface area contributed by atoms with Crippen LogP contribution < -0.4 is 5.32 Å². The number of carbonyl (C=O) groups is 1. The first-order valence-electron chi connectivity index (χ1n) is 9.23. The number of amides is 1. The van der Waals surface area contributed by atoms with E-state index < -0.39 is 12.8 Å². The molecule has 3 N–H and O–H groups in total. The molecule has 30 heavy (non-hydrogen) atoms. The van der Waals surface area contributed by atoms with E-state index in [1.807, 2.05) is 0 Å². The SMILES string of the molecule is CC(C)(c1ccc(NC(=O)CCc2cnoc2-c2ccc(F)cc2)cc1)P(=O)(O)O. The summed E-state index contributed by atoms with van der Waals surface area (Å²) >= 11 is 0. The summed E-state index contributed by atoms with van der Waals surface area (Å²) in [6, 6.07) is 12.2. The molecule has 0 aliphatic carbocycles. The van der Waals surface area contributed by atoms with E-state index in [0.29, 0.717) is 29.0 Å². The van der Waals surface area contributed by atoms with Gasteiger partial charge in [0.15, 0.2) is 5.76 Å². The van der Waals surface area contributed by atoms with Crippen molar-refractivity contribution >= 4 is 19.2 Å². The van der Waals surface area contributed by atoms with E-state index in [1.54, 1.807) is 36.4 Å². The molecule has 9 heteroatoms. The summed E-state index contributed by atoms with van der Waals surface area (Å²) in [4.78, 5) is 31.3. The molecule has 7 nitrogen and oxygen atoms in total. The third-order valence-electron chi connectivity index (χ3n) is 4.98. The van der Waals surface area contributed by atoms with E-state index in [0.717, 1.165) is 5.56 Å². The molecule has 0 radical (unpaired) electrons.